The van der Waals surface area contributed by atoms with E-state index in [4.69, 9.17) is 4.84 Å². The molecule has 16 heavy (non-hydrogen) atoms. The van der Waals surface area contributed by atoms with Crippen molar-refractivity contribution in [2.75, 3.05) is 0 Å². The SMILES string of the molecule is Oc1cccc(C2=C3SC=CC=C3ON2)c1. The number of hydrogen-bond donors (Lipinski definition) is 2. The molecule has 2 aliphatic heterocycles. The van der Waals surface area contributed by atoms with Crippen LogP contribution in [-0.2, 0) is 4.84 Å². The normalized spacial score (nSPS) is 17.6. The van der Waals surface area contributed by atoms with Gasteiger partial charge in [-0.05, 0) is 23.6 Å². The number of aromatic hydroxyl groups is 1. The molecule has 1 aromatic carbocycles. The molecule has 0 atom stereocenters. The van der Waals surface area contributed by atoms with Gasteiger partial charge in [0.15, 0.2) is 5.76 Å². The number of phenolic OH excluding ortho intramolecular Hbond substituents is 1. The highest BCUT2D eigenvalue weighted by molar-refractivity contribution is 8.06. The van der Waals surface area contributed by atoms with Crippen molar-refractivity contribution in [3.63, 3.8) is 0 Å². The van der Waals surface area contributed by atoms with Crippen LogP contribution in [0.1, 0.15) is 5.56 Å². The first-order valence-electron chi connectivity index (χ1n) is 4.85. The van der Waals surface area contributed by atoms with Crippen molar-refractivity contribution in [3.05, 3.63) is 58.1 Å². The molecule has 0 fully saturated rings. The second-order valence-electron chi connectivity index (χ2n) is 3.44. The lowest BCUT2D eigenvalue weighted by atomic mass is 10.1. The van der Waals surface area contributed by atoms with Crippen LogP contribution in [0.5, 0.6) is 5.75 Å². The molecule has 2 N–H and O–H groups in total. The van der Waals surface area contributed by atoms with E-state index in [1.807, 2.05) is 29.7 Å². The number of benzene rings is 1. The molecule has 2 aliphatic rings. The molecule has 1 aromatic rings. The molecule has 0 saturated heterocycles. The maximum atomic E-state index is 9.44. The lowest BCUT2D eigenvalue weighted by Crippen LogP contribution is -2.04. The molecule has 80 valence electrons. The summed E-state index contributed by atoms with van der Waals surface area (Å²) in [6.45, 7) is 0. The van der Waals surface area contributed by atoms with Crippen molar-refractivity contribution < 1.29 is 9.94 Å². The first-order chi connectivity index (χ1) is 7.84. The Morgan fingerprint density at radius 1 is 1.31 bits per heavy atom. The van der Waals surface area contributed by atoms with E-state index in [0.717, 1.165) is 21.9 Å². The van der Waals surface area contributed by atoms with Crippen molar-refractivity contribution in [1.29, 1.82) is 0 Å². The highest BCUT2D eigenvalue weighted by Gasteiger charge is 2.23. The van der Waals surface area contributed by atoms with Gasteiger partial charge in [0.05, 0.1) is 10.6 Å². The van der Waals surface area contributed by atoms with Gasteiger partial charge in [-0.3, -0.25) is 0 Å². The molecule has 3 nitrogen and oxygen atoms in total. The summed E-state index contributed by atoms with van der Waals surface area (Å²) < 4.78 is 0. The van der Waals surface area contributed by atoms with Gasteiger partial charge in [-0.1, -0.05) is 30.0 Å². The van der Waals surface area contributed by atoms with Crippen LogP contribution in [0.3, 0.4) is 0 Å². The van der Waals surface area contributed by atoms with Gasteiger partial charge in [-0.15, -0.1) is 0 Å². The second-order valence-corrected chi connectivity index (χ2v) is 4.35. The number of hydroxylamine groups is 1. The molecule has 0 saturated carbocycles. The molecular weight excluding hydrogens is 222 g/mol. The zero-order chi connectivity index (χ0) is 11.0. The van der Waals surface area contributed by atoms with E-state index >= 15 is 0 Å². The molecule has 0 spiro atoms. The van der Waals surface area contributed by atoms with Gasteiger partial charge in [0.2, 0.25) is 0 Å². The predicted octanol–water partition coefficient (Wildman–Crippen LogP) is 2.74. The van der Waals surface area contributed by atoms with Crippen LogP contribution in [0.4, 0.5) is 0 Å². The Kier molecular flexibility index (Phi) is 2.15. The first kappa shape index (κ1) is 9.42. The summed E-state index contributed by atoms with van der Waals surface area (Å²) in [7, 11) is 0. The number of fused-ring (bicyclic) bond motifs is 1. The highest BCUT2D eigenvalue weighted by atomic mass is 32.2. The Morgan fingerprint density at radius 2 is 2.25 bits per heavy atom. The lowest BCUT2D eigenvalue weighted by Gasteiger charge is -2.04. The Balaban J connectivity index is 2.08. The van der Waals surface area contributed by atoms with Gasteiger partial charge < -0.3 is 9.94 Å². The monoisotopic (exact) mass is 231 g/mol. The van der Waals surface area contributed by atoms with E-state index in [2.05, 4.69) is 5.48 Å². The van der Waals surface area contributed by atoms with Gasteiger partial charge in [0, 0.05) is 5.56 Å². The Bertz CT molecular complexity index is 532. The van der Waals surface area contributed by atoms with Crippen LogP contribution < -0.4 is 5.48 Å². The molecular formula is C12H9NO2S. The fraction of sp³-hybridized carbons (Fsp3) is 0. The number of phenols is 1. The van der Waals surface area contributed by atoms with E-state index in [0.29, 0.717) is 0 Å². The molecule has 0 unspecified atom stereocenters. The van der Waals surface area contributed by atoms with Crippen LogP contribution >= 0.6 is 11.8 Å². The maximum Gasteiger partial charge on any atom is 0.171 e. The third kappa shape index (κ3) is 1.47. The minimum atomic E-state index is 0.251. The summed E-state index contributed by atoms with van der Waals surface area (Å²) in [5.41, 5.74) is 4.70. The standard InChI is InChI=1S/C12H9NO2S/c14-9-4-1-3-8(7-9)11-12-10(15-13-11)5-2-6-16-12/h1-7,13-14H. The van der Waals surface area contributed by atoms with Gasteiger partial charge in [0.25, 0.3) is 0 Å². The third-order valence-electron chi connectivity index (χ3n) is 2.36. The molecule has 0 aromatic heterocycles. The minimum absolute atomic E-state index is 0.251. The quantitative estimate of drug-likeness (QED) is 0.779. The molecule has 3 rings (SSSR count). The van der Waals surface area contributed by atoms with E-state index in [1.54, 1.807) is 23.9 Å². The highest BCUT2D eigenvalue weighted by Crippen LogP contribution is 2.39. The largest absolute Gasteiger partial charge is 0.508 e. The first-order valence-corrected chi connectivity index (χ1v) is 5.73. The summed E-state index contributed by atoms with van der Waals surface area (Å²) in [5.74, 6) is 1.08. The van der Waals surface area contributed by atoms with Crippen LogP contribution in [0.2, 0.25) is 0 Å². The molecule has 0 aliphatic carbocycles. The predicted molar refractivity (Wildman–Crippen MR) is 64.1 cm³/mol. The van der Waals surface area contributed by atoms with Crippen LogP contribution in [0.15, 0.2) is 52.5 Å². The molecule has 2 heterocycles. The fourth-order valence-electron chi connectivity index (χ4n) is 1.63. The molecule has 0 bridgehead atoms. The number of hydrogen-bond acceptors (Lipinski definition) is 4. The van der Waals surface area contributed by atoms with Crippen LogP contribution in [-0.4, -0.2) is 5.11 Å². The second kappa shape index (κ2) is 3.64. The average Bonchev–Trinajstić information content (AvgIpc) is 2.72. The summed E-state index contributed by atoms with van der Waals surface area (Å²) in [6.07, 6.45) is 3.85. The summed E-state index contributed by atoms with van der Waals surface area (Å²) in [6, 6.07) is 7.10. The van der Waals surface area contributed by atoms with Crippen LogP contribution in [0.25, 0.3) is 5.70 Å². The van der Waals surface area contributed by atoms with Gasteiger partial charge >= 0.3 is 0 Å². The Morgan fingerprint density at radius 3 is 3.12 bits per heavy atom. The number of thioether (sulfide) groups is 1. The van der Waals surface area contributed by atoms with Crippen molar-refractivity contribution in [2.24, 2.45) is 0 Å². The van der Waals surface area contributed by atoms with Gasteiger partial charge in [-0.25, -0.2) is 5.48 Å². The van der Waals surface area contributed by atoms with Crippen molar-refractivity contribution in [2.45, 2.75) is 0 Å². The van der Waals surface area contributed by atoms with Gasteiger partial charge in [0.1, 0.15) is 5.75 Å². The van der Waals surface area contributed by atoms with Crippen LogP contribution in [0, 0.1) is 0 Å². The lowest BCUT2D eigenvalue weighted by molar-refractivity contribution is 0.177. The smallest absolute Gasteiger partial charge is 0.171 e. The van der Waals surface area contributed by atoms with Crippen molar-refractivity contribution in [1.82, 2.24) is 5.48 Å². The maximum absolute atomic E-state index is 9.44. The van der Waals surface area contributed by atoms with Gasteiger partial charge in [-0.2, -0.15) is 0 Å². The van der Waals surface area contributed by atoms with E-state index in [-0.39, 0.29) is 5.75 Å². The zero-order valence-corrected chi connectivity index (χ0v) is 9.12. The van der Waals surface area contributed by atoms with E-state index in [9.17, 15) is 5.11 Å². The third-order valence-corrected chi connectivity index (χ3v) is 3.30. The van der Waals surface area contributed by atoms with E-state index in [1.165, 1.54) is 0 Å². The Hall–Kier alpha value is -1.81. The topological polar surface area (TPSA) is 41.5 Å². The molecule has 4 heteroatoms. The average molecular weight is 231 g/mol. The summed E-state index contributed by atoms with van der Waals surface area (Å²) >= 11 is 1.60. The summed E-state index contributed by atoms with van der Waals surface area (Å²) in [4.78, 5) is 6.40. The molecule has 0 amide bonds. The Labute approximate surface area is 97.1 Å². The van der Waals surface area contributed by atoms with E-state index < -0.39 is 0 Å². The summed E-state index contributed by atoms with van der Waals surface area (Å²) in [5, 5.41) is 11.4. The minimum Gasteiger partial charge on any atom is -0.508 e. The fourth-order valence-corrected chi connectivity index (χ4v) is 2.43. The number of rotatable bonds is 1. The van der Waals surface area contributed by atoms with Crippen molar-refractivity contribution >= 4 is 17.5 Å². The van der Waals surface area contributed by atoms with Crippen molar-refractivity contribution in [3.8, 4) is 5.75 Å². The number of allylic oxidation sites excluding steroid dienone is 2. The molecule has 0 radical (unpaired) electrons. The number of nitrogens with one attached hydrogen (secondary N) is 1. The zero-order valence-electron chi connectivity index (χ0n) is 8.31.